The first-order chi connectivity index (χ1) is 13.2. The highest BCUT2D eigenvalue weighted by molar-refractivity contribution is 6.36. The van der Waals surface area contributed by atoms with Gasteiger partial charge in [-0.3, -0.25) is 0 Å². The normalized spacial score (nSPS) is 16.6. The number of halogens is 2. The summed E-state index contributed by atoms with van der Waals surface area (Å²) in [6.45, 7) is 1.70. The molecule has 6 heteroatoms. The summed E-state index contributed by atoms with van der Waals surface area (Å²) in [5.41, 5.74) is 3.75. The molecule has 2 heterocycles. The molecule has 0 radical (unpaired) electrons. The van der Waals surface area contributed by atoms with Crippen LogP contribution in [0, 0.1) is 0 Å². The first-order valence-corrected chi connectivity index (χ1v) is 9.44. The molecule has 1 unspecified atom stereocenters. The van der Waals surface area contributed by atoms with Crippen LogP contribution < -0.4 is 0 Å². The van der Waals surface area contributed by atoms with E-state index in [9.17, 15) is 0 Å². The quantitative estimate of drug-likeness (QED) is 0.273. The van der Waals surface area contributed by atoms with Gasteiger partial charge in [-0.15, -0.1) is 5.11 Å². The second-order valence-electron chi connectivity index (χ2n) is 6.58. The van der Waals surface area contributed by atoms with Crippen LogP contribution in [0.15, 0.2) is 70.9 Å². The van der Waals surface area contributed by atoms with Crippen molar-refractivity contribution in [2.24, 2.45) is 10.2 Å². The molecule has 0 bridgehead atoms. The molecule has 1 atom stereocenters. The van der Waals surface area contributed by atoms with Crippen molar-refractivity contribution >= 4 is 56.4 Å². The highest BCUT2D eigenvalue weighted by Crippen LogP contribution is 2.34. The van der Waals surface area contributed by atoms with Gasteiger partial charge in [-0.2, -0.15) is 5.11 Å². The predicted molar refractivity (Wildman–Crippen MR) is 110 cm³/mol. The largest absolute Gasteiger partial charge is 0.371 e. The molecular weight excluding hydrogens is 381 g/mol. The summed E-state index contributed by atoms with van der Waals surface area (Å²) in [5, 5.41) is 12.1. The van der Waals surface area contributed by atoms with Crippen LogP contribution in [0.3, 0.4) is 0 Å². The van der Waals surface area contributed by atoms with Crippen molar-refractivity contribution in [3.63, 3.8) is 0 Å². The fourth-order valence-corrected chi connectivity index (χ4v) is 3.80. The molecule has 1 aliphatic rings. The van der Waals surface area contributed by atoms with Crippen molar-refractivity contribution in [1.82, 2.24) is 4.57 Å². The fraction of sp³-hybridized carbons (Fsp3) is 0.143. The van der Waals surface area contributed by atoms with Gasteiger partial charge in [0, 0.05) is 26.8 Å². The van der Waals surface area contributed by atoms with Gasteiger partial charge in [-0.25, -0.2) is 0 Å². The third kappa shape index (κ3) is 3.21. The smallest absolute Gasteiger partial charge is 0.104 e. The first-order valence-electron chi connectivity index (χ1n) is 8.68. The molecule has 1 aromatic heterocycles. The van der Waals surface area contributed by atoms with Crippen molar-refractivity contribution in [1.29, 1.82) is 0 Å². The number of aromatic nitrogens is 1. The van der Waals surface area contributed by atoms with E-state index in [1.54, 1.807) is 18.2 Å². The molecule has 4 nitrogen and oxygen atoms in total. The second kappa shape index (κ2) is 6.64. The molecule has 0 spiro atoms. The average molecular weight is 396 g/mol. The molecule has 1 saturated heterocycles. The van der Waals surface area contributed by atoms with Gasteiger partial charge in [0.05, 0.1) is 30.0 Å². The van der Waals surface area contributed by atoms with E-state index in [-0.39, 0.29) is 0 Å². The number of hydrogen-bond acceptors (Lipinski definition) is 3. The monoisotopic (exact) mass is 395 g/mol. The zero-order valence-electron chi connectivity index (χ0n) is 14.3. The van der Waals surface area contributed by atoms with Crippen molar-refractivity contribution in [3.05, 3.63) is 70.7 Å². The summed E-state index contributed by atoms with van der Waals surface area (Å²) < 4.78 is 7.75. The number of hydrogen-bond donors (Lipinski definition) is 0. The van der Waals surface area contributed by atoms with Crippen LogP contribution in [0.4, 0.5) is 11.4 Å². The van der Waals surface area contributed by atoms with Gasteiger partial charge in [-0.05, 0) is 42.5 Å². The molecule has 5 rings (SSSR count). The highest BCUT2D eigenvalue weighted by atomic mass is 35.5. The highest BCUT2D eigenvalue weighted by Gasteiger charge is 2.24. The lowest BCUT2D eigenvalue weighted by atomic mass is 10.1. The minimum absolute atomic E-state index is 0.315. The molecule has 1 fully saturated rings. The molecule has 1 aliphatic heterocycles. The van der Waals surface area contributed by atoms with Crippen molar-refractivity contribution < 1.29 is 4.74 Å². The van der Waals surface area contributed by atoms with Gasteiger partial charge < -0.3 is 9.30 Å². The molecule has 4 aromatic rings. The molecule has 27 heavy (non-hydrogen) atoms. The van der Waals surface area contributed by atoms with Gasteiger partial charge in [0.25, 0.3) is 0 Å². The van der Waals surface area contributed by atoms with Crippen molar-refractivity contribution in [3.8, 4) is 0 Å². The molecule has 0 N–H and O–H groups in total. The number of nitrogens with zero attached hydrogens (tertiary/aromatic N) is 3. The van der Waals surface area contributed by atoms with E-state index in [0.717, 1.165) is 24.2 Å². The zero-order valence-corrected chi connectivity index (χ0v) is 15.8. The maximum absolute atomic E-state index is 6.17. The Kier molecular flexibility index (Phi) is 4.12. The van der Waals surface area contributed by atoms with Crippen LogP contribution in [0.2, 0.25) is 10.0 Å². The van der Waals surface area contributed by atoms with Crippen LogP contribution in [0.25, 0.3) is 21.8 Å². The summed E-state index contributed by atoms with van der Waals surface area (Å²) in [5.74, 6) is 0. The molecule has 0 aliphatic carbocycles. The van der Waals surface area contributed by atoms with Crippen LogP contribution in [-0.2, 0) is 11.3 Å². The Morgan fingerprint density at radius 1 is 0.926 bits per heavy atom. The summed E-state index contributed by atoms with van der Waals surface area (Å²) >= 11 is 12.1. The lowest BCUT2D eigenvalue weighted by Gasteiger charge is -2.04. The summed E-state index contributed by atoms with van der Waals surface area (Å²) in [6, 6.07) is 19.7. The van der Waals surface area contributed by atoms with E-state index in [2.05, 4.69) is 51.2 Å². The molecule has 134 valence electrons. The third-order valence-electron chi connectivity index (χ3n) is 4.73. The lowest BCUT2D eigenvalue weighted by Crippen LogP contribution is -2.03. The van der Waals surface area contributed by atoms with Gasteiger partial charge in [0.1, 0.15) is 5.69 Å². The van der Waals surface area contributed by atoms with Gasteiger partial charge in [0.2, 0.25) is 0 Å². The van der Waals surface area contributed by atoms with E-state index in [0.29, 0.717) is 21.8 Å². The number of epoxide rings is 1. The van der Waals surface area contributed by atoms with Crippen LogP contribution in [-0.4, -0.2) is 17.3 Å². The number of benzene rings is 3. The maximum Gasteiger partial charge on any atom is 0.104 e. The number of rotatable bonds is 4. The topological polar surface area (TPSA) is 42.2 Å². The van der Waals surface area contributed by atoms with E-state index < -0.39 is 0 Å². The minimum Gasteiger partial charge on any atom is -0.371 e. The predicted octanol–water partition coefficient (Wildman–Crippen LogP) is 6.92. The molecular formula is C21H15Cl2N3O. The first kappa shape index (κ1) is 16.8. The summed E-state index contributed by atoms with van der Waals surface area (Å²) in [6.07, 6.45) is 0.315. The van der Waals surface area contributed by atoms with Gasteiger partial charge >= 0.3 is 0 Å². The average Bonchev–Trinajstić information content (AvgIpc) is 3.44. The Balaban J connectivity index is 1.58. The molecule has 0 amide bonds. The number of ether oxygens (including phenoxy) is 1. The fourth-order valence-electron chi connectivity index (χ4n) is 3.35. The lowest BCUT2D eigenvalue weighted by molar-refractivity contribution is 0.387. The van der Waals surface area contributed by atoms with Crippen LogP contribution in [0.1, 0.15) is 0 Å². The zero-order chi connectivity index (χ0) is 18.4. The van der Waals surface area contributed by atoms with Crippen molar-refractivity contribution in [2.75, 3.05) is 6.61 Å². The Bertz CT molecular complexity index is 1190. The Morgan fingerprint density at radius 3 is 2.56 bits per heavy atom. The standard InChI is InChI=1S/C21H15Cl2N3O/c22-13-5-7-19(18(23)9-13)25-24-14-6-8-21-17(10-14)16-3-1-2-4-20(16)26(21)11-15-12-27-15/h1-10,15H,11-12H2. The SMILES string of the molecule is Clc1ccc(N=Nc2ccc3c(c2)c2ccccc2n3CC2CO2)c(Cl)c1. The Morgan fingerprint density at radius 2 is 1.74 bits per heavy atom. The van der Waals surface area contributed by atoms with E-state index in [1.165, 1.54) is 16.4 Å². The molecule has 0 saturated carbocycles. The number of fused-ring (bicyclic) bond motifs is 3. The Hall–Kier alpha value is -2.40. The maximum atomic E-state index is 6.17. The second-order valence-corrected chi connectivity index (χ2v) is 7.42. The van der Waals surface area contributed by atoms with Crippen molar-refractivity contribution in [2.45, 2.75) is 12.6 Å². The van der Waals surface area contributed by atoms with Crippen LogP contribution in [0.5, 0.6) is 0 Å². The van der Waals surface area contributed by atoms with Gasteiger partial charge in [0.15, 0.2) is 0 Å². The van der Waals surface area contributed by atoms with Gasteiger partial charge in [-0.1, -0.05) is 41.4 Å². The summed E-state index contributed by atoms with van der Waals surface area (Å²) in [7, 11) is 0. The van der Waals surface area contributed by atoms with Crippen LogP contribution >= 0.6 is 23.2 Å². The third-order valence-corrected chi connectivity index (χ3v) is 5.27. The summed E-state index contributed by atoms with van der Waals surface area (Å²) in [4.78, 5) is 0. The number of azo groups is 1. The number of para-hydroxylation sites is 1. The van der Waals surface area contributed by atoms with E-state index in [1.807, 2.05) is 6.07 Å². The molecule has 3 aromatic carbocycles. The van der Waals surface area contributed by atoms with E-state index in [4.69, 9.17) is 27.9 Å². The van der Waals surface area contributed by atoms with E-state index >= 15 is 0 Å². The Labute approximate surface area is 166 Å². The minimum atomic E-state index is 0.315.